The van der Waals surface area contributed by atoms with Crippen molar-refractivity contribution in [1.82, 2.24) is 4.98 Å². The summed E-state index contributed by atoms with van der Waals surface area (Å²) in [6.07, 6.45) is 0.226. The zero-order valence-electron chi connectivity index (χ0n) is 17.0. The molecule has 1 amide bonds. The number of aromatic nitrogens is 1. The molecule has 0 fully saturated rings. The van der Waals surface area contributed by atoms with E-state index in [9.17, 15) is 24.8 Å². The molecule has 1 heterocycles. The van der Waals surface area contributed by atoms with Crippen molar-refractivity contribution in [2.45, 2.75) is 18.9 Å². The Morgan fingerprint density at radius 2 is 1.69 bits per heavy atom. The number of carbonyl (C=O) groups is 2. The van der Waals surface area contributed by atoms with Gasteiger partial charge in [0.1, 0.15) is 12.6 Å². The van der Waals surface area contributed by atoms with Crippen molar-refractivity contribution in [1.29, 1.82) is 0 Å². The summed E-state index contributed by atoms with van der Waals surface area (Å²) in [5.41, 5.74) is 3.57. The highest BCUT2D eigenvalue weighted by molar-refractivity contribution is 5.96. The van der Waals surface area contributed by atoms with Gasteiger partial charge in [0.25, 0.3) is 0 Å². The first-order valence-corrected chi connectivity index (χ1v) is 9.86. The molecule has 0 bridgehead atoms. The Labute approximate surface area is 183 Å². The van der Waals surface area contributed by atoms with E-state index < -0.39 is 28.7 Å². The van der Waals surface area contributed by atoms with Crippen molar-refractivity contribution in [2.24, 2.45) is 0 Å². The average molecular weight is 433 g/mol. The maximum atomic E-state index is 13.0. The van der Waals surface area contributed by atoms with Crippen LogP contribution in [0.3, 0.4) is 0 Å². The number of carbonyl (C=O) groups excluding carboxylic acids is 1. The summed E-state index contributed by atoms with van der Waals surface area (Å²) in [5.74, 6) is -1.98. The van der Waals surface area contributed by atoms with Gasteiger partial charge in [0.15, 0.2) is 0 Å². The molecule has 1 N–H and O–H groups in total. The zero-order chi connectivity index (χ0) is 22.8. The normalized spacial score (nSPS) is 13.0. The number of hydrogen-bond donors (Lipinski definition) is 1. The van der Waals surface area contributed by atoms with Gasteiger partial charge in [-0.1, -0.05) is 48.5 Å². The third-order valence-electron chi connectivity index (χ3n) is 5.47. The molecule has 32 heavy (non-hydrogen) atoms. The first-order valence-electron chi connectivity index (χ1n) is 9.86. The molecule has 0 radical (unpaired) electrons. The summed E-state index contributed by atoms with van der Waals surface area (Å²) in [5, 5.41) is 20.9. The summed E-state index contributed by atoms with van der Waals surface area (Å²) in [6.45, 7) is 1.18. The molecule has 1 aliphatic rings. The predicted octanol–water partition coefficient (Wildman–Crippen LogP) is 4.22. The highest BCUT2D eigenvalue weighted by atomic mass is 16.6. The van der Waals surface area contributed by atoms with Crippen molar-refractivity contribution >= 4 is 23.6 Å². The van der Waals surface area contributed by atoms with Crippen molar-refractivity contribution in [3.8, 4) is 11.1 Å². The largest absolute Gasteiger partial charge is 0.480 e. The topological polar surface area (TPSA) is 123 Å². The Balaban J connectivity index is 1.65. The molecule has 1 aromatic heterocycles. The molecular formula is C23H19N3O6. The van der Waals surface area contributed by atoms with Gasteiger partial charge in [-0.25, -0.2) is 19.5 Å². The highest BCUT2D eigenvalue weighted by Gasteiger charge is 2.36. The fraction of sp³-hybridized carbons (Fsp3) is 0.174. The predicted molar refractivity (Wildman–Crippen MR) is 116 cm³/mol. The molecule has 0 saturated carbocycles. The lowest BCUT2D eigenvalue weighted by molar-refractivity contribution is -0.384. The Hall–Kier alpha value is -4.27. The summed E-state index contributed by atoms with van der Waals surface area (Å²) in [4.78, 5) is 40.0. The quantitative estimate of drug-likeness (QED) is 0.456. The van der Waals surface area contributed by atoms with Crippen LogP contribution in [-0.4, -0.2) is 39.7 Å². The second kappa shape index (κ2) is 8.46. The number of ether oxygens (including phenoxy) is 1. The van der Waals surface area contributed by atoms with E-state index in [-0.39, 0.29) is 18.3 Å². The Morgan fingerprint density at radius 3 is 2.25 bits per heavy atom. The number of nitrogens with zero attached hydrogens (tertiary/aromatic N) is 3. The molecule has 2 aromatic carbocycles. The zero-order valence-corrected chi connectivity index (χ0v) is 17.0. The number of fused-ring (bicyclic) bond motifs is 3. The minimum atomic E-state index is -1.43. The third-order valence-corrected chi connectivity index (χ3v) is 5.47. The van der Waals surface area contributed by atoms with Crippen LogP contribution < -0.4 is 4.90 Å². The van der Waals surface area contributed by atoms with Crippen LogP contribution in [0.2, 0.25) is 0 Å². The fourth-order valence-electron chi connectivity index (χ4n) is 3.92. The number of aliphatic carboxylic acids is 1. The van der Waals surface area contributed by atoms with E-state index in [0.717, 1.165) is 28.3 Å². The minimum Gasteiger partial charge on any atom is -0.480 e. The molecular weight excluding hydrogens is 414 g/mol. The summed E-state index contributed by atoms with van der Waals surface area (Å²) < 4.78 is 5.52. The van der Waals surface area contributed by atoms with Gasteiger partial charge in [0.2, 0.25) is 5.82 Å². The number of carboxylic acid groups (broad SMARTS) is 1. The van der Waals surface area contributed by atoms with Gasteiger partial charge >= 0.3 is 17.7 Å². The lowest BCUT2D eigenvalue weighted by Gasteiger charge is -2.25. The van der Waals surface area contributed by atoms with E-state index in [1.54, 1.807) is 0 Å². The maximum absolute atomic E-state index is 13.0. The van der Waals surface area contributed by atoms with E-state index >= 15 is 0 Å². The SMILES string of the molecule is CC(C(=O)O)N(C(=O)OCC1c2ccccc2-c2ccccc21)c1ncccc1[N+](=O)[O-]. The molecule has 9 heteroatoms. The number of amides is 1. The monoisotopic (exact) mass is 433 g/mol. The van der Waals surface area contributed by atoms with Gasteiger partial charge in [-0.2, -0.15) is 0 Å². The molecule has 0 spiro atoms. The Morgan fingerprint density at radius 1 is 1.09 bits per heavy atom. The van der Waals surface area contributed by atoms with Crippen LogP contribution in [0, 0.1) is 10.1 Å². The van der Waals surface area contributed by atoms with Crippen molar-refractivity contribution in [3.63, 3.8) is 0 Å². The standard InChI is InChI=1S/C23H19N3O6/c1-14(22(27)28)25(21-20(26(30)31)11-6-12-24-21)23(29)32-13-19-17-9-4-2-7-15(17)16-8-3-5-10-18(16)19/h2-12,14,19H,13H2,1H3,(H,27,28). The number of hydrogen-bond acceptors (Lipinski definition) is 6. The van der Waals surface area contributed by atoms with Crippen LogP contribution in [0.1, 0.15) is 24.0 Å². The van der Waals surface area contributed by atoms with Crippen LogP contribution in [0.25, 0.3) is 11.1 Å². The molecule has 1 unspecified atom stereocenters. The molecule has 3 aromatic rings. The van der Waals surface area contributed by atoms with Crippen LogP contribution in [0.4, 0.5) is 16.3 Å². The summed E-state index contributed by atoms with van der Waals surface area (Å²) >= 11 is 0. The minimum absolute atomic E-state index is 0.0592. The molecule has 4 rings (SSSR count). The lowest BCUT2D eigenvalue weighted by atomic mass is 9.98. The van der Waals surface area contributed by atoms with Crippen molar-refractivity contribution < 1.29 is 24.4 Å². The van der Waals surface area contributed by atoms with E-state index in [4.69, 9.17) is 4.74 Å². The molecule has 162 valence electrons. The number of nitro groups is 1. The van der Waals surface area contributed by atoms with Crippen molar-refractivity contribution in [2.75, 3.05) is 11.5 Å². The number of anilines is 1. The van der Waals surface area contributed by atoms with E-state index in [0.29, 0.717) is 4.90 Å². The second-order valence-electron chi connectivity index (χ2n) is 7.29. The van der Waals surface area contributed by atoms with E-state index in [1.807, 2.05) is 48.5 Å². The average Bonchev–Trinajstić information content (AvgIpc) is 3.11. The van der Waals surface area contributed by atoms with Gasteiger partial charge in [-0.3, -0.25) is 10.1 Å². The van der Waals surface area contributed by atoms with Gasteiger partial charge in [0, 0.05) is 18.2 Å². The number of benzene rings is 2. The van der Waals surface area contributed by atoms with Crippen molar-refractivity contribution in [3.05, 3.63) is 88.1 Å². The number of carboxylic acids is 1. The third kappa shape index (κ3) is 3.64. The van der Waals surface area contributed by atoms with Crippen LogP contribution >= 0.6 is 0 Å². The molecule has 0 aliphatic heterocycles. The van der Waals surface area contributed by atoms with Gasteiger partial charge < -0.3 is 9.84 Å². The second-order valence-corrected chi connectivity index (χ2v) is 7.29. The Kier molecular flexibility index (Phi) is 5.55. The maximum Gasteiger partial charge on any atom is 0.416 e. The Bertz CT molecular complexity index is 1170. The van der Waals surface area contributed by atoms with E-state index in [1.165, 1.54) is 19.2 Å². The first kappa shape index (κ1) is 21.0. The molecule has 1 atom stereocenters. The molecule has 1 aliphatic carbocycles. The molecule has 0 saturated heterocycles. The number of rotatable bonds is 6. The smallest absolute Gasteiger partial charge is 0.416 e. The fourth-order valence-corrected chi connectivity index (χ4v) is 3.92. The lowest BCUT2D eigenvalue weighted by Crippen LogP contribution is -2.45. The van der Waals surface area contributed by atoms with Crippen LogP contribution in [-0.2, 0) is 9.53 Å². The van der Waals surface area contributed by atoms with Gasteiger partial charge in [-0.05, 0) is 35.2 Å². The van der Waals surface area contributed by atoms with Gasteiger partial charge in [-0.15, -0.1) is 0 Å². The van der Waals surface area contributed by atoms with Crippen LogP contribution in [0.15, 0.2) is 66.9 Å². The van der Waals surface area contributed by atoms with Crippen LogP contribution in [0.5, 0.6) is 0 Å². The van der Waals surface area contributed by atoms with E-state index in [2.05, 4.69) is 4.98 Å². The highest BCUT2D eigenvalue weighted by Crippen LogP contribution is 2.44. The van der Waals surface area contributed by atoms with Gasteiger partial charge in [0.05, 0.1) is 4.92 Å². The summed E-state index contributed by atoms with van der Waals surface area (Å²) in [6, 6.07) is 16.6. The summed E-state index contributed by atoms with van der Waals surface area (Å²) in [7, 11) is 0. The first-order chi connectivity index (χ1) is 15.4. The molecule has 9 nitrogen and oxygen atoms in total. The number of pyridine rings is 1.